The highest BCUT2D eigenvalue weighted by Crippen LogP contribution is 2.25. The van der Waals surface area contributed by atoms with Crippen LogP contribution in [0.2, 0.25) is 0 Å². The van der Waals surface area contributed by atoms with Crippen molar-refractivity contribution in [2.75, 3.05) is 20.0 Å². The minimum absolute atomic E-state index is 1.80. The van der Waals surface area contributed by atoms with Crippen molar-refractivity contribution in [2.45, 2.75) is 18.0 Å². The molecule has 2 atom stereocenters. The van der Waals surface area contributed by atoms with E-state index in [9.17, 15) is 26.3 Å². The summed E-state index contributed by atoms with van der Waals surface area (Å²) in [6, 6.07) is 0. The minimum atomic E-state index is -3.55. The maximum atomic E-state index is 12.5. The van der Waals surface area contributed by atoms with Gasteiger partial charge in [0.05, 0.1) is 0 Å². The van der Waals surface area contributed by atoms with Crippen LogP contribution in [0.3, 0.4) is 0 Å². The summed E-state index contributed by atoms with van der Waals surface area (Å²) in [6.45, 7) is -5.82. The van der Waals surface area contributed by atoms with Crippen molar-refractivity contribution in [3.05, 3.63) is 0 Å². The van der Waals surface area contributed by atoms with Gasteiger partial charge in [0, 0.05) is 0 Å². The van der Waals surface area contributed by atoms with E-state index in [1.807, 2.05) is 0 Å². The van der Waals surface area contributed by atoms with Crippen molar-refractivity contribution < 1.29 is 26.3 Å². The lowest BCUT2D eigenvalue weighted by atomic mass is 10.00. The van der Waals surface area contributed by atoms with Gasteiger partial charge in [-0.3, -0.25) is 0 Å². The van der Waals surface area contributed by atoms with Gasteiger partial charge in [0.2, 0.25) is 5.67 Å². The highest BCUT2D eigenvalue weighted by Gasteiger charge is 2.45. The van der Waals surface area contributed by atoms with Crippen LogP contribution in [0, 0.1) is 0 Å². The van der Waals surface area contributed by atoms with Crippen LogP contribution in [0.25, 0.3) is 0 Å². The molecule has 0 heterocycles. The van der Waals surface area contributed by atoms with E-state index in [4.69, 9.17) is 0 Å². The van der Waals surface area contributed by atoms with Crippen LogP contribution in [-0.4, -0.2) is 38.0 Å². The van der Waals surface area contributed by atoms with E-state index in [2.05, 4.69) is 0 Å². The third kappa shape index (κ3) is 2.28. The molecule has 0 aromatic carbocycles. The van der Waals surface area contributed by atoms with Gasteiger partial charge in [-0.15, -0.1) is 0 Å². The maximum absolute atomic E-state index is 12.5. The zero-order valence-electron chi connectivity index (χ0n) is 6.04. The first-order valence-electron chi connectivity index (χ1n) is 3.16. The molecule has 12 heavy (non-hydrogen) atoms. The lowest BCUT2D eigenvalue weighted by molar-refractivity contribution is -0.0372. The Balaban J connectivity index is 4.29. The first kappa shape index (κ1) is 11.6. The molecule has 0 nitrogen and oxygen atoms in total. The topological polar surface area (TPSA) is 0 Å². The zero-order chi connectivity index (χ0) is 9.78. The molecule has 74 valence electrons. The molecule has 0 aliphatic rings. The Morgan fingerprint density at radius 1 is 1.00 bits per heavy atom. The highest BCUT2D eigenvalue weighted by molar-refractivity contribution is 4.91. The molecule has 0 aliphatic heterocycles. The van der Waals surface area contributed by atoms with E-state index < -0.39 is 38.0 Å². The average Bonchev–Trinajstić information content (AvgIpc) is 2.14. The SMILES string of the molecule is FCC(F)C(F)C(F)(CF)CF. The van der Waals surface area contributed by atoms with E-state index in [1.165, 1.54) is 0 Å². The van der Waals surface area contributed by atoms with E-state index in [-0.39, 0.29) is 0 Å². The van der Waals surface area contributed by atoms with Crippen LogP contribution in [-0.2, 0) is 0 Å². The summed E-state index contributed by atoms with van der Waals surface area (Å²) in [6.07, 6.45) is -5.92. The molecule has 0 spiro atoms. The number of halogens is 6. The Morgan fingerprint density at radius 2 is 1.42 bits per heavy atom. The van der Waals surface area contributed by atoms with Gasteiger partial charge in [-0.05, 0) is 0 Å². The van der Waals surface area contributed by atoms with Gasteiger partial charge in [-0.1, -0.05) is 0 Å². The fourth-order valence-corrected chi connectivity index (χ4v) is 0.585. The molecule has 0 fully saturated rings. The van der Waals surface area contributed by atoms with E-state index >= 15 is 0 Å². The van der Waals surface area contributed by atoms with E-state index in [0.717, 1.165) is 0 Å². The standard InChI is InChI=1S/C6H8F6/c7-1-4(10)5(11)6(12,2-8)3-9/h4-5H,1-3H2. The first-order valence-corrected chi connectivity index (χ1v) is 3.16. The van der Waals surface area contributed by atoms with Crippen LogP contribution in [0.5, 0.6) is 0 Å². The smallest absolute Gasteiger partial charge is 0.200 e. The molecule has 0 saturated heterocycles. The number of alkyl halides is 6. The number of hydrogen-bond acceptors (Lipinski definition) is 0. The first-order chi connectivity index (χ1) is 5.51. The molecule has 0 aliphatic carbocycles. The Kier molecular flexibility index (Phi) is 4.41. The van der Waals surface area contributed by atoms with Gasteiger partial charge in [-0.25, -0.2) is 26.3 Å². The lowest BCUT2D eigenvalue weighted by Crippen LogP contribution is -2.45. The predicted molar refractivity (Wildman–Crippen MR) is 31.6 cm³/mol. The molecule has 0 radical (unpaired) electrons. The molecular weight excluding hydrogens is 186 g/mol. The van der Waals surface area contributed by atoms with E-state index in [0.29, 0.717) is 0 Å². The fraction of sp³-hybridized carbons (Fsp3) is 1.00. The van der Waals surface area contributed by atoms with Gasteiger partial charge in [0.25, 0.3) is 0 Å². The van der Waals surface area contributed by atoms with Crippen molar-refractivity contribution in [3.8, 4) is 0 Å². The molecule has 0 aromatic rings. The summed E-state index contributed by atoms with van der Waals surface area (Å²) in [5.74, 6) is 0. The van der Waals surface area contributed by atoms with E-state index in [1.54, 1.807) is 0 Å². The molecule has 0 amide bonds. The summed E-state index contributed by atoms with van der Waals surface area (Å²) in [7, 11) is 0. The van der Waals surface area contributed by atoms with Gasteiger partial charge in [0.15, 0.2) is 12.3 Å². The molecule has 0 N–H and O–H groups in total. The van der Waals surface area contributed by atoms with Crippen LogP contribution < -0.4 is 0 Å². The van der Waals surface area contributed by atoms with Crippen molar-refractivity contribution in [1.29, 1.82) is 0 Å². The number of rotatable bonds is 5. The Hall–Kier alpha value is -0.420. The largest absolute Gasteiger partial charge is 0.248 e. The summed E-state index contributed by atoms with van der Waals surface area (Å²) in [5, 5.41) is 0. The van der Waals surface area contributed by atoms with Gasteiger partial charge in [0.1, 0.15) is 20.0 Å². The third-order valence-corrected chi connectivity index (χ3v) is 1.40. The van der Waals surface area contributed by atoms with Crippen LogP contribution in [0.1, 0.15) is 0 Å². The van der Waals surface area contributed by atoms with Crippen molar-refractivity contribution in [3.63, 3.8) is 0 Å². The monoisotopic (exact) mass is 194 g/mol. The number of hydrogen-bond donors (Lipinski definition) is 0. The predicted octanol–water partition coefficient (Wildman–Crippen LogP) is 2.28. The van der Waals surface area contributed by atoms with Crippen molar-refractivity contribution in [2.24, 2.45) is 0 Å². The second-order valence-corrected chi connectivity index (χ2v) is 2.37. The van der Waals surface area contributed by atoms with Crippen molar-refractivity contribution >= 4 is 0 Å². The summed E-state index contributed by atoms with van der Waals surface area (Å²) in [5.41, 5.74) is -3.55. The van der Waals surface area contributed by atoms with Crippen molar-refractivity contribution in [1.82, 2.24) is 0 Å². The Labute approximate surface area is 65.6 Å². The zero-order valence-corrected chi connectivity index (χ0v) is 6.04. The quantitative estimate of drug-likeness (QED) is 0.589. The normalized spacial score (nSPS) is 17.5. The summed E-state index contributed by atoms with van der Waals surface area (Å²) in [4.78, 5) is 0. The lowest BCUT2D eigenvalue weighted by Gasteiger charge is -2.23. The molecule has 0 aromatic heterocycles. The summed E-state index contributed by atoms with van der Waals surface area (Å²) >= 11 is 0. The Morgan fingerprint density at radius 3 is 1.67 bits per heavy atom. The molecule has 0 rings (SSSR count). The minimum Gasteiger partial charge on any atom is -0.248 e. The fourth-order valence-electron chi connectivity index (χ4n) is 0.585. The second-order valence-electron chi connectivity index (χ2n) is 2.37. The molecule has 0 saturated carbocycles. The van der Waals surface area contributed by atoms with Gasteiger partial charge < -0.3 is 0 Å². The summed E-state index contributed by atoms with van der Waals surface area (Å²) < 4.78 is 71.7. The van der Waals surface area contributed by atoms with Crippen LogP contribution >= 0.6 is 0 Å². The third-order valence-electron chi connectivity index (χ3n) is 1.40. The highest BCUT2D eigenvalue weighted by atomic mass is 19.2. The molecule has 2 unspecified atom stereocenters. The maximum Gasteiger partial charge on any atom is 0.200 e. The molecule has 6 heteroatoms. The van der Waals surface area contributed by atoms with Crippen LogP contribution in [0.4, 0.5) is 26.3 Å². The van der Waals surface area contributed by atoms with Gasteiger partial charge >= 0.3 is 0 Å². The average molecular weight is 194 g/mol. The molecule has 0 bridgehead atoms. The van der Waals surface area contributed by atoms with Crippen LogP contribution in [0.15, 0.2) is 0 Å². The Bertz CT molecular complexity index is 123. The van der Waals surface area contributed by atoms with Gasteiger partial charge in [-0.2, -0.15) is 0 Å². The second kappa shape index (κ2) is 4.57. The molecular formula is C6H8F6.